The number of rotatable bonds is 5. The highest BCUT2D eigenvalue weighted by atomic mass is 35.5. The lowest BCUT2D eigenvalue weighted by Gasteiger charge is -2.23. The first-order valence-electron chi connectivity index (χ1n) is 16.2. The third kappa shape index (κ3) is 9.97. The Morgan fingerprint density at radius 2 is 1.34 bits per heavy atom. The number of ether oxygens (including phenoxy) is 3. The number of thiazole rings is 2. The number of nitrogens with zero attached hydrogens (tertiary/aromatic N) is 2. The van der Waals surface area contributed by atoms with Crippen molar-refractivity contribution in [2.24, 2.45) is 10.8 Å². The van der Waals surface area contributed by atoms with Crippen LogP contribution in [0.1, 0.15) is 67.6 Å². The van der Waals surface area contributed by atoms with E-state index in [4.69, 9.17) is 33.3 Å². The topological polar surface area (TPSA) is 108 Å². The van der Waals surface area contributed by atoms with E-state index in [0.717, 1.165) is 30.9 Å². The van der Waals surface area contributed by atoms with Crippen molar-refractivity contribution >= 4 is 85.6 Å². The molecule has 2 heterocycles. The Morgan fingerprint density at radius 3 is 1.79 bits per heavy atom. The van der Waals surface area contributed by atoms with E-state index in [1.807, 2.05) is 41.5 Å². The molecule has 0 bridgehead atoms. The summed E-state index contributed by atoms with van der Waals surface area (Å²) in [4.78, 5) is 36.0. The Morgan fingerprint density at radius 1 is 0.849 bits per heavy atom. The van der Waals surface area contributed by atoms with Gasteiger partial charge in [0.05, 0.1) is 43.2 Å². The smallest absolute Gasteiger partial charge is 0.357 e. The molecule has 0 saturated heterocycles. The molecule has 0 radical (unpaired) electrons. The van der Waals surface area contributed by atoms with Gasteiger partial charge < -0.3 is 19.3 Å². The van der Waals surface area contributed by atoms with Crippen LogP contribution in [-0.2, 0) is 23.8 Å². The Balaban J connectivity index is 0.000000212. The number of halogens is 3. The van der Waals surface area contributed by atoms with Crippen molar-refractivity contribution in [1.82, 2.24) is 9.97 Å². The molecule has 6 rings (SSSR count). The normalized spacial score (nSPS) is 18.5. The Kier molecular flexibility index (Phi) is 13.8. The number of ketones is 2. The van der Waals surface area contributed by atoms with Crippen LogP contribution in [0.4, 0.5) is 8.78 Å². The maximum absolute atomic E-state index is 13.2. The fraction of sp³-hybridized carbons (Fsp3) is 0.368. The zero-order valence-corrected chi connectivity index (χ0v) is 34.4. The average Bonchev–Trinajstić information content (AvgIpc) is 3.78. The monoisotopic (exact) mass is 820 g/mol. The molecule has 15 heteroatoms. The van der Waals surface area contributed by atoms with Gasteiger partial charge in [0.25, 0.3) is 4.51 Å². The lowest BCUT2D eigenvalue weighted by atomic mass is 9.86. The second-order valence-electron chi connectivity index (χ2n) is 13.6. The maximum atomic E-state index is 13.2. The number of Topliss-reactive ketones (excluding diaryl/α,β-unsaturated/α-hetero) is 2. The van der Waals surface area contributed by atoms with E-state index in [9.17, 15) is 23.5 Å². The Hall–Kier alpha value is -3.53. The van der Waals surface area contributed by atoms with Crippen molar-refractivity contribution in [1.29, 1.82) is 0 Å². The molecule has 1 N–H and O–H groups in total. The molecule has 2 aromatic carbocycles. The van der Waals surface area contributed by atoms with Crippen molar-refractivity contribution in [2.45, 2.75) is 66.4 Å². The molecule has 282 valence electrons. The molecular weight excluding hydrogens is 782 g/mol. The van der Waals surface area contributed by atoms with Crippen molar-refractivity contribution < 1.29 is 37.7 Å². The predicted octanol–water partition coefficient (Wildman–Crippen LogP) is 9.77. The van der Waals surface area contributed by atoms with Gasteiger partial charge in [-0.3, -0.25) is 9.59 Å². The summed E-state index contributed by atoms with van der Waals surface area (Å²) in [6, 6.07) is 12.3. The van der Waals surface area contributed by atoms with E-state index in [2.05, 4.69) is 26.9 Å². The van der Waals surface area contributed by atoms with Gasteiger partial charge in [-0.25, -0.2) is 18.7 Å². The van der Waals surface area contributed by atoms with E-state index in [1.54, 1.807) is 24.3 Å². The summed E-state index contributed by atoms with van der Waals surface area (Å²) in [5.74, 6) is -0.671. The molecule has 1 saturated carbocycles. The van der Waals surface area contributed by atoms with Gasteiger partial charge in [-0.2, -0.15) is 0 Å². The number of carbonyl (C=O) groups is 2. The van der Waals surface area contributed by atoms with Crippen LogP contribution in [0.2, 0.25) is 0 Å². The van der Waals surface area contributed by atoms with Crippen LogP contribution >= 0.6 is 58.7 Å². The second-order valence-corrected chi connectivity index (χ2v) is 17.3. The van der Waals surface area contributed by atoms with Gasteiger partial charge in [0.15, 0.2) is 5.78 Å². The summed E-state index contributed by atoms with van der Waals surface area (Å²) in [7, 11) is 2.85. The maximum Gasteiger partial charge on any atom is 0.357 e. The van der Waals surface area contributed by atoms with Crippen molar-refractivity contribution in [3.63, 3.8) is 0 Å². The number of thiocarbonyl (C=S) groups is 2. The fourth-order valence-corrected chi connectivity index (χ4v) is 7.91. The van der Waals surface area contributed by atoms with E-state index in [1.165, 1.54) is 61.2 Å². The minimum Gasteiger partial charge on any atom is -0.478 e. The number of aromatic nitrogens is 2. The first-order chi connectivity index (χ1) is 24.8. The number of carbonyl (C=O) groups excluding carboxylic acids is 2. The first kappa shape index (κ1) is 42.2. The van der Waals surface area contributed by atoms with Crippen molar-refractivity contribution in [2.75, 3.05) is 14.2 Å². The number of methoxy groups -OCH3 is 2. The minimum atomic E-state index is -0.720. The molecule has 4 aromatic rings. The van der Waals surface area contributed by atoms with Gasteiger partial charge in [0.2, 0.25) is 0 Å². The quantitative estimate of drug-likeness (QED) is 0.155. The van der Waals surface area contributed by atoms with Crippen LogP contribution in [0.25, 0.3) is 26.7 Å². The number of aliphatic hydroxyl groups excluding tert-OH is 1. The Bertz CT molecular complexity index is 2040. The third-order valence-electron chi connectivity index (χ3n) is 8.67. The number of allylic oxidation sites excluding steroid dienone is 2. The standard InChI is InChI=1S/C19H18FNO3S2.C17H18FNO2S.C2H3ClOS/c1-10-15(21-17(26-10)11-5-7-12(20)8-6-11)14-13(22)9-19(2,3)16(14)24-18(25)23-4;1-9-14(13-12(20)8-17(2,3)15(13)21)19-16(22-9)10-4-6-11(18)7-5-10;1-4-2(3)5/h5-8H,9H2,1-4H3;4-7,13,15,21H,8H2,1-3H3;1H3. The average molecular weight is 821 g/mol. The molecule has 2 atom stereocenters. The molecule has 53 heavy (non-hydrogen) atoms. The lowest BCUT2D eigenvalue weighted by Crippen LogP contribution is -2.27. The first-order valence-corrected chi connectivity index (χ1v) is 19.1. The van der Waals surface area contributed by atoms with Crippen LogP contribution < -0.4 is 0 Å². The predicted molar refractivity (Wildman–Crippen MR) is 213 cm³/mol. The summed E-state index contributed by atoms with van der Waals surface area (Å²) in [5.41, 5.74) is 2.38. The summed E-state index contributed by atoms with van der Waals surface area (Å²) in [6.45, 7) is 11.5. The van der Waals surface area contributed by atoms with Gasteiger partial charge in [-0.15, -0.1) is 22.7 Å². The van der Waals surface area contributed by atoms with Crippen LogP contribution in [0.15, 0.2) is 54.3 Å². The highest BCUT2D eigenvalue weighted by molar-refractivity contribution is 7.82. The summed E-state index contributed by atoms with van der Waals surface area (Å²) < 4.78 is 41.1. The zero-order chi connectivity index (χ0) is 39.4. The van der Waals surface area contributed by atoms with Crippen molar-refractivity contribution in [3.05, 3.63) is 87.1 Å². The SMILES string of the molecule is COC(=S)Cl.COC(=S)OC1=C(c2nc(-c3ccc(F)cc3)sc2C)C(=O)CC1(C)C.Cc1sc(-c2ccc(F)cc2)nc1C1C(=O)CC(C)(C)C1O. The highest BCUT2D eigenvalue weighted by Gasteiger charge is 2.49. The summed E-state index contributed by atoms with van der Waals surface area (Å²) in [5, 5.41) is 11.9. The molecular formula is C38H39ClF2N2O6S4. The van der Waals surface area contributed by atoms with E-state index < -0.39 is 22.9 Å². The molecule has 0 amide bonds. The Labute approximate surface area is 331 Å². The number of hydrogen-bond donors (Lipinski definition) is 1. The number of hydrogen-bond acceptors (Lipinski definition) is 12. The summed E-state index contributed by atoms with van der Waals surface area (Å²) >= 11 is 17.1. The molecule has 8 nitrogen and oxygen atoms in total. The minimum absolute atomic E-state index is 0.0353. The molecule has 2 aliphatic carbocycles. The molecule has 2 aliphatic rings. The molecule has 2 aromatic heterocycles. The molecule has 0 aliphatic heterocycles. The van der Waals surface area contributed by atoms with Gasteiger partial charge in [-0.05, 0) is 91.6 Å². The number of aliphatic hydroxyl groups is 1. The van der Waals surface area contributed by atoms with Gasteiger partial charge >= 0.3 is 5.24 Å². The van der Waals surface area contributed by atoms with Crippen LogP contribution in [0.3, 0.4) is 0 Å². The molecule has 0 spiro atoms. The van der Waals surface area contributed by atoms with Crippen LogP contribution in [0.5, 0.6) is 0 Å². The molecule has 1 fully saturated rings. The lowest BCUT2D eigenvalue weighted by molar-refractivity contribution is -0.119. The highest BCUT2D eigenvalue weighted by Crippen LogP contribution is 2.47. The zero-order valence-electron chi connectivity index (χ0n) is 30.3. The van der Waals surface area contributed by atoms with Gasteiger partial charge in [0, 0.05) is 51.4 Å². The van der Waals surface area contributed by atoms with Gasteiger partial charge in [0.1, 0.15) is 33.2 Å². The molecule has 2 unspecified atom stereocenters. The summed E-state index contributed by atoms with van der Waals surface area (Å²) in [6.07, 6.45) is -0.0454. The van der Waals surface area contributed by atoms with Gasteiger partial charge in [-0.1, -0.05) is 27.7 Å². The second kappa shape index (κ2) is 17.3. The van der Waals surface area contributed by atoms with E-state index in [0.29, 0.717) is 35.6 Å². The van der Waals surface area contributed by atoms with Crippen LogP contribution in [-0.4, -0.2) is 56.7 Å². The van der Waals surface area contributed by atoms with E-state index >= 15 is 0 Å². The van der Waals surface area contributed by atoms with Crippen LogP contribution in [0, 0.1) is 36.3 Å². The number of benzene rings is 2. The number of aryl methyl sites for hydroxylation is 2. The van der Waals surface area contributed by atoms with Crippen molar-refractivity contribution in [3.8, 4) is 21.1 Å². The van der Waals surface area contributed by atoms with E-state index in [-0.39, 0.29) is 32.9 Å². The largest absolute Gasteiger partial charge is 0.478 e. The third-order valence-corrected chi connectivity index (χ3v) is 11.3. The fourth-order valence-electron chi connectivity index (χ4n) is 5.94.